The van der Waals surface area contributed by atoms with Crippen LogP contribution in [-0.2, 0) is 19.5 Å². The molecule has 4 aromatic rings. The van der Waals surface area contributed by atoms with Crippen LogP contribution in [0.25, 0.3) is 0 Å². The van der Waals surface area contributed by atoms with E-state index in [2.05, 4.69) is 25.5 Å². The van der Waals surface area contributed by atoms with Gasteiger partial charge in [0.2, 0.25) is 5.95 Å². The van der Waals surface area contributed by atoms with E-state index < -0.39 is 5.97 Å². The van der Waals surface area contributed by atoms with Crippen LogP contribution < -0.4 is 15.5 Å². The highest BCUT2D eigenvalue weighted by Crippen LogP contribution is 2.34. The number of furan rings is 1. The van der Waals surface area contributed by atoms with Gasteiger partial charge < -0.3 is 19.7 Å². The molecule has 0 saturated carbocycles. The van der Waals surface area contributed by atoms with Gasteiger partial charge in [0.15, 0.2) is 5.13 Å². The molecule has 0 radical (unpaired) electrons. The molecule has 5 rings (SSSR count). The molecular weight excluding hydrogens is 454 g/mol. The summed E-state index contributed by atoms with van der Waals surface area (Å²) in [6, 6.07) is 7.82. The minimum Gasteiger partial charge on any atom is -0.477 e. The number of anilines is 4. The summed E-state index contributed by atoms with van der Waals surface area (Å²) in [6.45, 7) is 5.54. The molecule has 1 aliphatic heterocycles. The first-order chi connectivity index (χ1) is 16.5. The van der Waals surface area contributed by atoms with E-state index in [0.717, 1.165) is 52.8 Å². The Morgan fingerprint density at radius 3 is 2.82 bits per heavy atom. The van der Waals surface area contributed by atoms with Crippen molar-refractivity contribution in [3.05, 3.63) is 69.9 Å². The van der Waals surface area contributed by atoms with Crippen LogP contribution >= 0.6 is 11.3 Å². The SMILES string of the molecule is Cc1ccc(CNc2nc(Nc3nc(C)c(C(=O)O)s3)nc3c2CCN3Cc2cccnc2)o1. The highest BCUT2D eigenvalue weighted by atomic mass is 32.1. The highest BCUT2D eigenvalue weighted by Gasteiger charge is 2.26. The number of rotatable bonds is 8. The van der Waals surface area contributed by atoms with Crippen LogP contribution in [0, 0.1) is 13.8 Å². The van der Waals surface area contributed by atoms with Gasteiger partial charge in [-0.25, -0.2) is 9.78 Å². The number of pyridine rings is 1. The van der Waals surface area contributed by atoms with E-state index in [4.69, 9.17) is 14.4 Å². The summed E-state index contributed by atoms with van der Waals surface area (Å²) in [6.07, 6.45) is 4.41. The summed E-state index contributed by atoms with van der Waals surface area (Å²) in [5.41, 5.74) is 2.57. The Labute approximate surface area is 199 Å². The molecule has 0 saturated heterocycles. The van der Waals surface area contributed by atoms with E-state index in [1.54, 1.807) is 13.1 Å². The van der Waals surface area contributed by atoms with Crippen molar-refractivity contribution in [1.29, 1.82) is 0 Å². The largest absolute Gasteiger partial charge is 0.477 e. The third-order valence-corrected chi connectivity index (χ3v) is 6.51. The molecule has 0 aromatic carbocycles. The molecular formula is C23H23N7O3S. The van der Waals surface area contributed by atoms with Crippen LogP contribution in [0.15, 0.2) is 41.1 Å². The van der Waals surface area contributed by atoms with E-state index in [1.807, 2.05) is 37.4 Å². The van der Waals surface area contributed by atoms with Crippen LogP contribution in [0.1, 0.15) is 38.0 Å². The minimum absolute atomic E-state index is 0.188. The third-order valence-electron chi connectivity index (χ3n) is 5.45. The number of carboxylic acids is 1. The summed E-state index contributed by atoms with van der Waals surface area (Å²) in [4.78, 5) is 31.8. The van der Waals surface area contributed by atoms with Crippen molar-refractivity contribution < 1.29 is 14.3 Å². The van der Waals surface area contributed by atoms with Gasteiger partial charge in [-0.05, 0) is 44.0 Å². The lowest BCUT2D eigenvalue weighted by Gasteiger charge is -2.19. The third kappa shape index (κ3) is 4.55. The topological polar surface area (TPSA) is 129 Å². The molecule has 0 fully saturated rings. The number of aromatic nitrogens is 4. The zero-order valence-electron chi connectivity index (χ0n) is 18.7. The molecule has 0 unspecified atom stereocenters. The molecule has 34 heavy (non-hydrogen) atoms. The van der Waals surface area contributed by atoms with Crippen molar-refractivity contribution in [2.45, 2.75) is 33.4 Å². The van der Waals surface area contributed by atoms with E-state index in [9.17, 15) is 9.90 Å². The normalized spacial score (nSPS) is 12.6. The second-order valence-electron chi connectivity index (χ2n) is 7.96. The van der Waals surface area contributed by atoms with Gasteiger partial charge in [-0.1, -0.05) is 17.4 Å². The summed E-state index contributed by atoms with van der Waals surface area (Å²) in [5.74, 6) is 2.54. The van der Waals surface area contributed by atoms with E-state index in [-0.39, 0.29) is 4.88 Å². The molecule has 11 heteroatoms. The van der Waals surface area contributed by atoms with Crippen LogP contribution in [0.2, 0.25) is 0 Å². The van der Waals surface area contributed by atoms with Gasteiger partial charge >= 0.3 is 5.97 Å². The molecule has 10 nitrogen and oxygen atoms in total. The first-order valence-electron chi connectivity index (χ1n) is 10.8. The molecule has 3 N–H and O–H groups in total. The van der Waals surface area contributed by atoms with Crippen molar-refractivity contribution in [3.63, 3.8) is 0 Å². The van der Waals surface area contributed by atoms with Gasteiger partial charge in [-0.15, -0.1) is 0 Å². The van der Waals surface area contributed by atoms with Crippen molar-refractivity contribution in [2.24, 2.45) is 0 Å². The number of thiazole rings is 1. The van der Waals surface area contributed by atoms with E-state index in [1.165, 1.54) is 0 Å². The summed E-state index contributed by atoms with van der Waals surface area (Å²) in [5, 5.41) is 16.3. The maximum Gasteiger partial charge on any atom is 0.347 e. The fraction of sp³-hybridized carbons (Fsp3) is 0.261. The lowest BCUT2D eigenvalue weighted by atomic mass is 10.2. The van der Waals surface area contributed by atoms with Crippen LogP contribution in [-0.4, -0.2) is 37.6 Å². The predicted molar refractivity (Wildman–Crippen MR) is 129 cm³/mol. The number of aryl methyl sites for hydroxylation is 2. The summed E-state index contributed by atoms with van der Waals surface area (Å²) in [7, 11) is 0. The Hall–Kier alpha value is -3.99. The smallest absolute Gasteiger partial charge is 0.347 e. The van der Waals surface area contributed by atoms with Gasteiger partial charge in [0, 0.05) is 31.0 Å². The molecule has 0 atom stereocenters. The van der Waals surface area contributed by atoms with Gasteiger partial charge in [-0.2, -0.15) is 9.97 Å². The Bertz CT molecular complexity index is 1340. The average Bonchev–Trinajstić information content (AvgIpc) is 3.52. The van der Waals surface area contributed by atoms with Gasteiger partial charge in [-0.3, -0.25) is 10.3 Å². The van der Waals surface area contributed by atoms with Gasteiger partial charge in [0.1, 0.15) is 28.0 Å². The van der Waals surface area contributed by atoms with Crippen molar-refractivity contribution in [1.82, 2.24) is 19.9 Å². The fourth-order valence-electron chi connectivity index (χ4n) is 3.88. The first-order valence-corrected chi connectivity index (χ1v) is 11.6. The van der Waals surface area contributed by atoms with Gasteiger partial charge in [0.05, 0.1) is 12.2 Å². The zero-order chi connectivity index (χ0) is 23.7. The van der Waals surface area contributed by atoms with Crippen molar-refractivity contribution in [2.75, 3.05) is 22.1 Å². The Kier molecular flexibility index (Phi) is 5.84. The lowest BCUT2D eigenvalue weighted by molar-refractivity contribution is 0.0701. The molecule has 5 heterocycles. The summed E-state index contributed by atoms with van der Waals surface area (Å²) < 4.78 is 5.69. The molecule has 0 bridgehead atoms. The van der Waals surface area contributed by atoms with Crippen LogP contribution in [0.5, 0.6) is 0 Å². The molecule has 174 valence electrons. The second kappa shape index (κ2) is 9.10. The monoisotopic (exact) mass is 477 g/mol. The Balaban J connectivity index is 1.46. The number of aromatic carboxylic acids is 1. The standard InChI is InChI=1S/C23H23N7O3S/c1-13-5-6-16(33-13)11-25-19-17-7-9-30(12-15-4-3-8-24-10-15)20(17)28-22(27-19)29-23-26-14(2)18(34-23)21(31)32/h3-6,8,10H,7,9,11-12H2,1-2H3,(H,31,32)(H2,25,26,27,28,29). The van der Waals surface area contributed by atoms with Crippen LogP contribution in [0.4, 0.5) is 22.7 Å². The number of hydrogen-bond acceptors (Lipinski definition) is 10. The van der Waals surface area contributed by atoms with Crippen LogP contribution in [0.3, 0.4) is 0 Å². The number of carboxylic acid groups (broad SMARTS) is 1. The van der Waals surface area contributed by atoms with E-state index >= 15 is 0 Å². The molecule has 0 amide bonds. The first kappa shape index (κ1) is 21.8. The van der Waals surface area contributed by atoms with E-state index in [0.29, 0.717) is 35.7 Å². The predicted octanol–water partition coefficient (Wildman–Crippen LogP) is 4.15. The Morgan fingerprint density at radius 1 is 1.24 bits per heavy atom. The minimum atomic E-state index is -1.00. The molecule has 0 aliphatic carbocycles. The molecule has 4 aromatic heterocycles. The maximum absolute atomic E-state index is 11.4. The quantitative estimate of drug-likeness (QED) is 0.340. The average molecular weight is 478 g/mol. The second-order valence-corrected chi connectivity index (χ2v) is 8.96. The number of fused-ring (bicyclic) bond motifs is 1. The Morgan fingerprint density at radius 2 is 2.12 bits per heavy atom. The number of nitrogens with one attached hydrogen (secondary N) is 2. The number of carbonyl (C=O) groups is 1. The molecule has 0 spiro atoms. The van der Waals surface area contributed by atoms with Gasteiger partial charge in [0.25, 0.3) is 0 Å². The number of nitrogens with zero attached hydrogens (tertiary/aromatic N) is 5. The maximum atomic E-state index is 11.4. The highest BCUT2D eigenvalue weighted by molar-refractivity contribution is 7.17. The summed E-state index contributed by atoms with van der Waals surface area (Å²) >= 11 is 1.06. The van der Waals surface area contributed by atoms with Crippen molar-refractivity contribution in [3.8, 4) is 0 Å². The van der Waals surface area contributed by atoms with Crippen molar-refractivity contribution >= 4 is 40.0 Å². The molecule has 1 aliphatic rings. The zero-order valence-corrected chi connectivity index (χ0v) is 19.5. The fourth-order valence-corrected chi connectivity index (χ4v) is 4.68. The number of hydrogen-bond donors (Lipinski definition) is 3. The lowest BCUT2D eigenvalue weighted by Crippen LogP contribution is -2.21.